The molecule has 1 saturated carbocycles. The van der Waals surface area contributed by atoms with Gasteiger partial charge in [-0.2, -0.15) is 0 Å². The topological polar surface area (TPSA) is 55.8 Å². The van der Waals surface area contributed by atoms with Crippen molar-refractivity contribution in [3.63, 3.8) is 0 Å². The lowest BCUT2D eigenvalue weighted by molar-refractivity contribution is -0.133. The molecule has 0 saturated heterocycles. The van der Waals surface area contributed by atoms with Gasteiger partial charge in [0.15, 0.2) is 17.3 Å². The molecule has 0 radical (unpaired) electrons. The minimum atomic E-state index is -0.0274. The van der Waals surface area contributed by atoms with Crippen LogP contribution in [0.25, 0.3) is 0 Å². The van der Waals surface area contributed by atoms with Crippen LogP contribution in [0.5, 0.6) is 11.5 Å². The van der Waals surface area contributed by atoms with Crippen molar-refractivity contribution >= 4 is 11.7 Å². The van der Waals surface area contributed by atoms with E-state index in [1.807, 2.05) is 4.90 Å². The summed E-state index contributed by atoms with van der Waals surface area (Å²) in [6.45, 7) is 3.01. The Labute approximate surface area is 123 Å². The predicted octanol–water partition coefficient (Wildman–Crippen LogP) is 2.03. The van der Waals surface area contributed by atoms with Crippen molar-refractivity contribution in [3.8, 4) is 11.5 Å². The van der Waals surface area contributed by atoms with Crippen LogP contribution >= 0.6 is 0 Å². The van der Waals surface area contributed by atoms with Crippen LogP contribution in [-0.4, -0.2) is 36.9 Å². The first-order chi connectivity index (χ1) is 10.1. The molecule has 1 aliphatic carbocycles. The highest BCUT2D eigenvalue weighted by molar-refractivity contribution is 5.95. The summed E-state index contributed by atoms with van der Waals surface area (Å²) < 4.78 is 11.1. The minimum Gasteiger partial charge on any atom is -0.493 e. The Morgan fingerprint density at radius 3 is 2.71 bits per heavy atom. The van der Waals surface area contributed by atoms with Crippen molar-refractivity contribution in [2.75, 3.05) is 20.3 Å². The van der Waals surface area contributed by atoms with Gasteiger partial charge in [0.1, 0.15) is 6.61 Å². The van der Waals surface area contributed by atoms with Gasteiger partial charge in [-0.25, -0.2) is 0 Å². The molecule has 0 bridgehead atoms. The summed E-state index contributed by atoms with van der Waals surface area (Å²) in [5.74, 6) is 1.55. The largest absolute Gasteiger partial charge is 0.493 e. The number of fused-ring (bicyclic) bond motifs is 1. The molecule has 0 atom stereocenters. The first kappa shape index (κ1) is 13.9. The van der Waals surface area contributed by atoms with Crippen LogP contribution in [0.15, 0.2) is 12.1 Å². The first-order valence-corrected chi connectivity index (χ1v) is 7.23. The molecule has 1 amide bonds. The lowest BCUT2D eigenvalue weighted by Crippen LogP contribution is -2.33. The third kappa shape index (κ3) is 2.73. The highest BCUT2D eigenvalue weighted by Crippen LogP contribution is 2.37. The Hall–Kier alpha value is -2.04. The number of amides is 1. The van der Waals surface area contributed by atoms with E-state index in [0.717, 1.165) is 18.4 Å². The number of rotatable bonds is 3. The number of hydrogen-bond donors (Lipinski definition) is 0. The summed E-state index contributed by atoms with van der Waals surface area (Å²) in [7, 11) is 1.56. The van der Waals surface area contributed by atoms with Crippen molar-refractivity contribution in [1.29, 1.82) is 0 Å². The zero-order valence-electron chi connectivity index (χ0n) is 12.3. The average molecular weight is 289 g/mol. The molecular weight excluding hydrogens is 270 g/mol. The van der Waals surface area contributed by atoms with Crippen molar-refractivity contribution < 1.29 is 19.1 Å². The number of ketones is 1. The van der Waals surface area contributed by atoms with Gasteiger partial charge in [-0.05, 0) is 31.9 Å². The number of carbonyl (C=O) groups excluding carboxylic acids is 2. The molecule has 1 aromatic rings. The monoisotopic (exact) mass is 289 g/mol. The number of Topliss-reactive ketones (excluding diaryl/α,β-unsaturated/α-hetero) is 1. The molecule has 0 spiro atoms. The fourth-order valence-electron chi connectivity index (χ4n) is 2.62. The summed E-state index contributed by atoms with van der Waals surface area (Å²) in [6.07, 6.45) is 1.97. The second kappa shape index (κ2) is 5.39. The van der Waals surface area contributed by atoms with Gasteiger partial charge >= 0.3 is 0 Å². The van der Waals surface area contributed by atoms with Crippen molar-refractivity contribution in [2.45, 2.75) is 26.3 Å². The molecule has 5 heteroatoms. The van der Waals surface area contributed by atoms with Gasteiger partial charge in [0.2, 0.25) is 5.91 Å². The number of nitrogens with zero attached hydrogens (tertiary/aromatic N) is 1. The van der Waals surface area contributed by atoms with Crippen LogP contribution in [0, 0.1) is 5.92 Å². The molecule has 0 unspecified atom stereocenters. The van der Waals surface area contributed by atoms with Gasteiger partial charge in [0, 0.05) is 23.6 Å². The van der Waals surface area contributed by atoms with Gasteiger partial charge in [-0.3, -0.25) is 9.59 Å². The first-order valence-electron chi connectivity index (χ1n) is 7.23. The molecular formula is C16H19NO4. The molecule has 3 rings (SSSR count). The summed E-state index contributed by atoms with van der Waals surface area (Å²) in [4.78, 5) is 25.7. The van der Waals surface area contributed by atoms with E-state index in [-0.39, 0.29) is 17.6 Å². The van der Waals surface area contributed by atoms with Crippen molar-refractivity contribution in [3.05, 3.63) is 23.3 Å². The van der Waals surface area contributed by atoms with Crippen LogP contribution in [-0.2, 0) is 11.3 Å². The average Bonchev–Trinajstić information content (AvgIpc) is 3.30. The molecule has 1 heterocycles. The Morgan fingerprint density at radius 2 is 2.10 bits per heavy atom. The van der Waals surface area contributed by atoms with Gasteiger partial charge in [0.25, 0.3) is 0 Å². The number of benzene rings is 1. The summed E-state index contributed by atoms with van der Waals surface area (Å²) in [5.41, 5.74) is 1.42. The predicted molar refractivity (Wildman–Crippen MR) is 76.6 cm³/mol. The molecule has 112 valence electrons. The Balaban J connectivity index is 1.96. The van der Waals surface area contributed by atoms with E-state index in [1.165, 1.54) is 6.92 Å². The maximum absolute atomic E-state index is 12.3. The van der Waals surface area contributed by atoms with E-state index in [1.54, 1.807) is 19.2 Å². The summed E-state index contributed by atoms with van der Waals surface area (Å²) >= 11 is 0. The van der Waals surface area contributed by atoms with Crippen LogP contribution in [0.1, 0.15) is 35.7 Å². The van der Waals surface area contributed by atoms with E-state index in [9.17, 15) is 9.59 Å². The van der Waals surface area contributed by atoms with Crippen LogP contribution in [0.4, 0.5) is 0 Å². The maximum atomic E-state index is 12.3. The number of ether oxygens (including phenoxy) is 2. The highest BCUT2D eigenvalue weighted by Gasteiger charge is 2.34. The van der Waals surface area contributed by atoms with E-state index in [2.05, 4.69) is 0 Å². The lowest BCUT2D eigenvalue weighted by Gasteiger charge is -2.20. The van der Waals surface area contributed by atoms with Crippen LogP contribution in [0.2, 0.25) is 0 Å². The van der Waals surface area contributed by atoms with Gasteiger partial charge in [0.05, 0.1) is 13.7 Å². The second-order valence-corrected chi connectivity index (χ2v) is 5.61. The smallest absolute Gasteiger partial charge is 0.226 e. The van der Waals surface area contributed by atoms with E-state index >= 15 is 0 Å². The van der Waals surface area contributed by atoms with Crippen molar-refractivity contribution in [1.82, 2.24) is 4.90 Å². The quantitative estimate of drug-likeness (QED) is 0.799. The number of hydrogen-bond acceptors (Lipinski definition) is 4. The fourth-order valence-corrected chi connectivity index (χ4v) is 2.62. The van der Waals surface area contributed by atoms with Crippen molar-refractivity contribution in [2.24, 2.45) is 5.92 Å². The van der Waals surface area contributed by atoms with Crippen LogP contribution < -0.4 is 9.47 Å². The normalized spacial score (nSPS) is 17.5. The van der Waals surface area contributed by atoms with Crippen LogP contribution in [0.3, 0.4) is 0 Å². The molecule has 2 aliphatic rings. The third-order valence-electron chi connectivity index (χ3n) is 3.97. The zero-order valence-corrected chi connectivity index (χ0v) is 12.3. The van der Waals surface area contributed by atoms with E-state index in [0.29, 0.717) is 36.8 Å². The Kier molecular flexibility index (Phi) is 3.57. The molecule has 21 heavy (non-hydrogen) atoms. The number of methoxy groups -OCH3 is 1. The highest BCUT2D eigenvalue weighted by atomic mass is 16.5. The summed E-state index contributed by atoms with van der Waals surface area (Å²) in [5, 5.41) is 0. The second-order valence-electron chi connectivity index (χ2n) is 5.61. The SMILES string of the molecule is COc1cc(C(C)=O)cc2c1OCCN(C(=O)C1CC1)C2. The fraction of sp³-hybridized carbons (Fsp3) is 0.500. The third-order valence-corrected chi connectivity index (χ3v) is 3.97. The van der Waals surface area contributed by atoms with E-state index in [4.69, 9.17) is 9.47 Å². The van der Waals surface area contributed by atoms with Gasteiger partial charge < -0.3 is 14.4 Å². The Morgan fingerprint density at radius 1 is 1.33 bits per heavy atom. The molecule has 0 aromatic heterocycles. The molecule has 1 aliphatic heterocycles. The minimum absolute atomic E-state index is 0.0274. The summed E-state index contributed by atoms with van der Waals surface area (Å²) in [6, 6.07) is 3.50. The van der Waals surface area contributed by atoms with Gasteiger partial charge in [-0.15, -0.1) is 0 Å². The standard InChI is InChI=1S/C16H19NO4/c1-10(18)12-7-13-9-17(16(19)11-3-4-11)5-6-21-15(13)14(8-12)20-2/h7-8,11H,3-6,9H2,1-2H3. The molecule has 1 aromatic carbocycles. The maximum Gasteiger partial charge on any atom is 0.226 e. The van der Waals surface area contributed by atoms with Gasteiger partial charge in [-0.1, -0.05) is 0 Å². The lowest BCUT2D eigenvalue weighted by atomic mass is 10.1. The number of carbonyl (C=O) groups is 2. The zero-order chi connectivity index (χ0) is 15.0. The molecule has 0 N–H and O–H groups in total. The van der Waals surface area contributed by atoms with E-state index < -0.39 is 0 Å². The molecule has 1 fully saturated rings. The molecule has 5 nitrogen and oxygen atoms in total. The Bertz CT molecular complexity index is 592.